The SMILES string of the molecule is COc1ccc(CN2CC(c3nc4ccccc4n3CCOc3ccc(C(C)C)cc3)CC2=O)cc1. The highest BCUT2D eigenvalue weighted by atomic mass is 16.5. The van der Waals surface area contributed by atoms with Crippen LogP contribution in [0.5, 0.6) is 11.5 Å². The Kier molecular flexibility index (Phi) is 6.94. The highest BCUT2D eigenvalue weighted by Crippen LogP contribution is 2.31. The maximum Gasteiger partial charge on any atom is 0.223 e. The van der Waals surface area contributed by atoms with Crippen LogP contribution >= 0.6 is 0 Å². The zero-order valence-corrected chi connectivity index (χ0v) is 21.2. The lowest BCUT2D eigenvalue weighted by Gasteiger charge is -2.18. The molecule has 1 aliphatic heterocycles. The highest BCUT2D eigenvalue weighted by Gasteiger charge is 2.34. The fourth-order valence-corrected chi connectivity index (χ4v) is 4.89. The third kappa shape index (κ3) is 5.08. The standard InChI is InChI=1S/C30H33N3O3/c1-21(2)23-10-14-26(15-11-23)36-17-16-33-28-7-5-4-6-27(28)31-30(33)24-18-29(34)32(20-24)19-22-8-12-25(35-3)13-9-22/h4-15,21,24H,16-20H2,1-3H3. The van der Waals surface area contributed by atoms with Gasteiger partial charge in [-0.1, -0.05) is 50.2 Å². The number of methoxy groups -OCH3 is 1. The molecule has 6 nitrogen and oxygen atoms in total. The second-order valence-corrected chi connectivity index (χ2v) is 9.71. The third-order valence-electron chi connectivity index (χ3n) is 6.93. The Labute approximate surface area is 212 Å². The molecule has 1 atom stereocenters. The van der Waals surface area contributed by atoms with Crippen molar-refractivity contribution in [1.29, 1.82) is 0 Å². The van der Waals surface area contributed by atoms with Gasteiger partial charge in [0.1, 0.15) is 23.9 Å². The Bertz CT molecular complexity index is 1330. The number of hydrogen-bond donors (Lipinski definition) is 0. The summed E-state index contributed by atoms with van der Waals surface area (Å²) < 4.78 is 13.6. The molecule has 186 valence electrons. The number of amides is 1. The first-order valence-electron chi connectivity index (χ1n) is 12.6. The molecule has 3 aromatic carbocycles. The van der Waals surface area contributed by atoms with E-state index in [9.17, 15) is 4.79 Å². The number of rotatable bonds is 9. The van der Waals surface area contributed by atoms with Gasteiger partial charge in [0.05, 0.1) is 24.7 Å². The molecule has 0 spiro atoms. The number of imidazole rings is 1. The fraction of sp³-hybridized carbons (Fsp3) is 0.333. The van der Waals surface area contributed by atoms with Crippen LogP contribution in [-0.4, -0.2) is 40.6 Å². The number of nitrogens with zero attached hydrogens (tertiary/aromatic N) is 3. The molecular weight excluding hydrogens is 450 g/mol. The predicted octanol–water partition coefficient (Wildman–Crippen LogP) is 5.76. The van der Waals surface area contributed by atoms with Crippen LogP contribution in [0.15, 0.2) is 72.8 Å². The van der Waals surface area contributed by atoms with Gasteiger partial charge >= 0.3 is 0 Å². The molecule has 0 radical (unpaired) electrons. The van der Waals surface area contributed by atoms with Crippen LogP contribution in [0.4, 0.5) is 0 Å². The van der Waals surface area contributed by atoms with Crippen molar-refractivity contribution in [1.82, 2.24) is 14.5 Å². The second kappa shape index (κ2) is 10.4. The quantitative estimate of drug-likeness (QED) is 0.304. The van der Waals surface area contributed by atoms with Crippen molar-refractivity contribution < 1.29 is 14.3 Å². The van der Waals surface area contributed by atoms with Gasteiger partial charge in [-0.3, -0.25) is 4.79 Å². The first kappa shape index (κ1) is 23.9. The van der Waals surface area contributed by atoms with Gasteiger partial charge in [-0.05, 0) is 53.4 Å². The molecule has 0 aliphatic carbocycles. The monoisotopic (exact) mass is 483 g/mol. The lowest BCUT2D eigenvalue weighted by Crippen LogP contribution is -2.24. The van der Waals surface area contributed by atoms with E-state index in [0.717, 1.165) is 33.9 Å². The molecule has 1 unspecified atom stereocenters. The van der Waals surface area contributed by atoms with Crippen molar-refractivity contribution >= 4 is 16.9 Å². The van der Waals surface area contributed by atoms with E-state index in [4.69, 9.17) is 14.5 Å². The number of likely N-dealkylation sites (tertiary alicyclic amines) is 1. The summed E-state index contributed by atoms with van der Waals surface area (Å²) >= 11 is 0. The normalized spacial score (nSPS) is 15.7. The Morgan fingerprint density at radius 1 is 0.972 bits per heavy atom. The summed E-state index contributed by atoms with van der Waals surface area (Å²) in [6.07, 6.45) is 0.469. The summed E-state index contributed by atoms with van der Waals surface area (Å²) in [7, 11) is 1.66. The molecule has 1 fully saturated rings. The summed E-state index contributed by atoms with van der Waals surface area (Å²) in [6.45, 7) is 6.83. The van der Waals surface area contributed by atoms with Gasteiger partial charge < -0.3 is 18.9 Å². The van der Waals surface area contributed by atoms with Crippen molar-refractivity contribution in [3.63, 3.8) is 0 Å². The van der Waals surface area contributed by atoms with Crippen molar-refractivity contribution in [2.45, 2.75) is 45.2 Å². The minimum absolute atomic E-state index is 0.0495. The molecule has 36 heavy (non-hydrogen) atoms. The van der Waals surface area contributed by atoms with Gasteiger partial charge in [0.15, 0.2) is 0 Å². The molecule has 5 rings (SSSR count). The molecule has 0 saturated carbocycles. The van der Waals surface area contributed by atoms with Crippen molar-refractivity contribution in [3.8, 4) is 11.5 Å². The highest BCUT2D eigenvalue weighted by molar-refractivity contribution is 5.81. The van der Waals surface area contributed by atoms with E-state index in [0.29, 0.717) is 38.6 Å². The Morgan fingerprint density at radius 2 is 1.69 bits per heavy atom. The molecule has 4 aromatic rings. The molecule has 0 bridgehead atoms. The molecule has 2 heterocycles. The van der Waals surface area contributed by atoms with Crippen LogP contribution in [0.25, 0.3) is 11.0 Å². The van der Waals surface area contributed by atoms with Gasteiger partial charge in [-0.2, -0.15) is 0 Å². The number of para-hydroxylation sites is 2. The Hall–Kier alpha value is -3.80. The Morgan fingerprint density at radius 3 is 2.42 bits per heavy atom. The lowest BCUT2D eigenvalue weighted by molar-refractivity contribution is -0.128. The summed E-state index contributed by atoms with van der Waals surface area (Å²) in [5.41, 5.74) is 4.42. The topological polar surface area (TPSA) is 56.6 Å². The molecule has 1 aliphatic rings. The predicted molar refractivity (Wildman–Crippen MR) is 142 cm³/mol. The third-order valence-corrected chi connectivity index (χ3v) is 6.93. The molecule has 6 heteroatoms. The average Bonchev–Trinajstić information content (AvgIpc) is 3.45. The first-order valence-corrected chi connectivity index (χ1v) is 12.6. The lowest BCUT2D eigenvalue weighted by atomic mass is 10.0. The number of carbonyl (C=O) groups excluding carboxylic acids is 1. The molecule has 0 N–H and O–H groups in total. The van der Waals surface area contributed by atoms with Crippen molar-refractivity contribution in [2.75, 3.05) is 20.3 Å². The maximum atomic E-state index is 12.9. The fourth-order valence-electron chi connectivity index (χ4n) is 4.89. The van der Waals surface area contributed by atoms with Crippen LogP contribution in [0.1, 0.15) is 49.1 Å². The van der Waals surface area contributed by atoms with Crippen LogP contribution in [0, 0.1) is 0 Å². The largest absolute Gasteiger partial charge is 0.497 e. The second-order valence-electron chi connectivity index (χ2n) is 9.71. The van der Waals surface area contributed by atoms with E-state index in [1.807, 2.05) is 59.5 Å². The van der Waals surface area contributed by atoms with Gasteiger partial charge in [0.25, 0.3) is 0 Å². The van der Waals surface area contributed by atoms with Crippen LogP contribution in [-0.2, 0) is 17.9 Å². The number of aromatic nitrogens is 2. The zero-order valence-electron chi connectivity index (χ0n) is 21.2. The summed E-state index contributed by atoms with van der Waals surface area (Å²) in [5.74, 6) is 3.35. The van der Waals surface area contributed by atoms with Crippen molar-refractivity contribution in [3.05, 3.63) is 89.7 Å². The molecule has 1 amide bonds. The number of fused-ring (bicyclic) bond motifs is 1. The van der Waals surface area contributed by atoms with E-state index in [1.165, 1.54) is 5.56 Å². The van der Waals surface area contributed by atoms with Gasteiger partial charge in [-0.15, -0.1) is 0 Å². The molecule has 1 aromatic heterocycles. The average molecular weight is 484 g/mol. The minimum Gasteiger partial charge on any atom is -0.497 e. The smallest absolute Gasteiger partial charge is 0.223 e. The minimum atomic E-state index is 0.0495. The van der Waals surface area contributed by atoms with E-state index in [1.54, 1.807) is 7.11 Å². The van der Waals surface area contributed by atoms with Gasteiger partial charge in [0.2, 0.25) is 5.91 Å². The van der Waals surface area contributed by atoms with E-state index < -0.39 is 0 Å². The number of ether oxygens (including phenoxy) is 2. The van der Waals surface area contributed by atoms with E-state index in [-0.39, 0.29) is 11.8 Å². The van der Waals surface area contributed by atoms with Gasteiger partial charge in [-0.25, -0.2) is 4.98 Å². The van der Waals surface area contributed by atoms with Gasteiger partial charge in [0, 0.05) is 25.4 Å². The van der Waals surface area contributed by atoms with Crippen LogP contribution < -0.4 is 9.47 Å². The maximum absolute atomic E-state index is 12.9. The summed E-state index contributed by atoms with van der Waals surface area (Å²) in [5, 5.41) is 0. The zero-order chi connectivity index (χ0) is 25.1. The van der Waals surface area contributed by atoms with E-state index >= 15 is 0 Å². The number of benzene rings is 3. The van der Waals surface area contributed by atoms with Crippen molar-refractivity contribution in [2.24, 2.45) is 0 Å². The first-order chi connectivity index (χ1) is 17.5. The Balaban J connectivity index is 1.31. The van der Waals surface area contributed by atoms with E-state index in [2.05, 4.69) is 36.6 Å². The van der Waals surface area contributed by atoms with Crippen LogP contribution in [0.2, 0.25) is 0 Å². The molecular formula is C30H33N3O3. The number of hydrogen-bond acceptors (Lipinski definition) is 4. The molecule has 1 saturated heterocycles. The van der Waals surface area contributed by atoms with Crippen LogP contribution in [0.3, 0.4) is 0 Å². The summed E-state index contributed by atoms with van der Waals surface area (Å²) in [4.78, 5) is 19.8. The summed E-state index contributed by atoms with van der Waals surface area (Å²) in [6, 6.07) is 24.4. The number of carbonyl (C=O) groups is 1.